The summed E-state index contributed by atoms with van der Waals surface area (Å²) in [5.41, 5.74) is 1.41. The molecule has 0 atom stereocenters. The van der Waals surface area contributed by atoms with Crippen molar-refractivity contribution < 1.29 is 0 Å². The van der Waals surface area contributed by atoms with Gasteiger partial charge >= 0.3 is 0 Å². The van der Waals surface area contributed by atoms with E-state index in [0.717, 1.165) is 29.2 Å². The van der Waals surface area contributed by atoms with Crippen molar-refractivity contribution in [1.82, 2.24) is 9.97 Å². The minimum atomic E-state index is 0.325. The van der Waals surface area contributed by atoms with Gasteiger partial charge in [-0.25, -0.2) is 9.97 Å². The van der Waals surface area contributed by atoms with Crippen molar-refractivity contribution in [3.05, 3.63) is 38.4 Å². The lowest BCUT2D eigenvalue weighted by Gasteiger charge is -2.09. The Morgan fingerprint density at radius 3 is 2.84 bits per heavy atom. The molecule has 1 N–H and O–H groups in total. The molecule has 0 saturated heterocycles. The standard InChI is InChI=1S/C14H18BrN3S/c1-4-10-5-6-19-11(10)8-16-13-7-12(15)17-14(18-13)9(2)3/h5-7,9H,4,8H2,1-3H3,(H,16,17,18). The van der Waals surface area contributed by atoms with Gasteiger partial charge in [0.05, 0.1) is 6.54 Å². The summed E-state index contributed by atoms with van der Waals surface area (Å²) in [6.07, 6.45) is 1.07. The zero-order chi connectivity index (χ0) is 13.8. The van der Waals surface area contributed by atoms with E-state index in [1.54, 1.807) is 11.3 Å². The Morgan fingerprint density at radius 1 is 1.37 bits per heavy atom. The molecule has 2 aromatic heterocycles. The van der Waals surface area contributed by atoms with Gasteiger partial charge in [0.15, 0.2) is 0 Å². The number of nitrogens with zero attached hydrogens (tertiary/aromatic N) is 2. The molecule has 0 unspecified atom stereocenters. The number of rotatable bonds is 5. The molecular formula is C14H18BrN3S. The van der Waals surface area contributed by atoms with Gasteiger partial charge in [-0.15, -0.1) is 11.3 Å². The van der Waals surface area contributed by atoms with E-state index in [0.29, 0.717) is 5.92 Å². The third kappa shape index (κ3) is 3.76. The zero-order valence-electron chi connectivity index (χ0n) is 11.4. The normalized spacial score (nSPS) is 11.0. The molecule has 102 valence electrons. The summed E-state index contributed by atoms with van der Waals surface area (Å²) in [5, 5.41) is 5.53. The van der Waals surface area contributed by atoms with Crippen molar-refractivity contribution >= 4 is 33.1 Å². The molecule has 0 bridgehead atoms. The Kier molecular flexibility index (Phi) is 4.93. The fraction of sp³-hybridized carbons (Fsp3) is 0.429. The largest absolute Gasteiger partial charge is 0.365 e. The Bertz CT molecular complexity index is 551. The van der Waals surface area contributed by atoms with Gasteiger partial charge in [-0.05, 0) is 39.4 Å². The van der Waals surface area contributed by atoms with E-state index in [9.17, 15) is 0 Å². The summed E-state index contributed by atoms with van der Waals surface area (Å²) in [6.45, 7) is 7.20. The number of anilines is 1. The number of halogens is 1. The summed E-state index contributed by atoms with van der Waals surface area (Å²) < 4.78 is 0.829. The molecule has 0 radical (unpaired) electrons. The van der Waals surface area contributed by atoms with Crippen molar-refractivity contribution in [2.75, 3.05) is 5.32 Å². The number of hydrogen-bond donors (Lipinski definition) is 1. The highest BCUT2D eigenvalue weighted by Crippen LogP contribution is 2.21. The minimum Gasteiger partial charge on any atom is -0.365 e. The molecule has 3 nitrogen and oxygen atoms in total. The van der Waals surface area contributed by atoms with Crippen molar-refractivity contribution in [2.45, 2.75) is 39.7 Å². The second-order valence-corrected chi connectivity index (χ2v) is 6.48. The fourth-order valence-corrected chi connectivity index (χ4v) is 3.11. The highest BCUT2D eigenvalue weighted by Gasteiger charge is 2.08. The average molecular weight is 340 g/mol. The van der Waals surface area contributed by atoms with Gasteiger partial charge in [0.25, 0.3) is 0 Å². The number of aryl methyl sites for hydroxylation is 1. The van der Waals surface area contributed by atoms with Crippen molar-refractivity contribution in [2.24, 2.45) is 0 Å². The Morgan fingerprint density at radius 2 is 2.16 bits per heavy atom. The molecule has 2 aromatic rings. The molecule has 0 spiro atoms. The topological polar surface area (TPSA) is 37.8 Å². The van der Waals surface area contributed by atoms with Crippen LogP contribution in [0.5, 0.6) is 0 Å². The Hall–Kier alpha value is -0.940. The van der Waals surface area contributed by atoms with E-state index in [2.05, 4.69) is 63.4 Å². The van der Waals surface area contributed by atoms with Crippen LogP contribution in [0, 0.1) is 0 Å². The number of aromatic nitrogens is 2. The molecule has 2 rings (SSSR count). The number of hydrogen-bond acceptors (Lipinski definition) is 4. The molecule has 0 aliphatic carbocycles. The lowest BCUT2D eigenvalue weighted by atomic mass is 10.2. The molecular weight excluding hydrogens is 322 g/mol. The monoisotopic (exact) mass is 339 g/mol. The van der Waals surface area contributed by atoms with Gasteiger partial charge < -0.3 is 5.32 Å². The summed E-state index contributed by atoms with van der Waals surface area (Å²) in [6, 6.07) is 4.11. The van der Waals surface area contributed by atoms with Crippen LogP contribution < -0.4 is 5.32 Å². The molecule has 5 heteroatoms. The maximum Gasteiger partial charge on any atom is 0.134 e. The highest BCUT2D eigenvalue weighted by molar-refractivity contribution is 9.10. The predicted octanol–water partition coefficient (Wildman–Crippen LogP) is 4.60. The van der Waals surface area contributed by atoms with Gasteiger partial charge in [0.2, 0.25) is 0 Å². The van der Waals surface area contributed by atoms with E-state index >= 15 is 0 Å². The average Bonchev–Trinajstić information content (AvgIpc) is 2.83. The fourth-order valence-electron chi connectivity index (χ4n) is 1.79. The van der Waals surface area contributed by atoms with Crippen molar-refractivity contribution in [3.8, 4) is 0 Å². The molecule has 19 heavy (non-hydrogen) atoms. The number of nitrogens with one attached hydrogen (secondary N) is 1. The van der Waals surface area contributed by atoms with E-state index in [4.69, 9.17) is 0 Å². The Labute approximate surface area is 126 Å². The van der Waals surface area contributed by atoms with Crippen molar-refractivity contribution in [1.29, 1.82) is 0 Å². The molecule has 0 amide bonds. The summed E-state index contributed by atoms with van der Waals surface area (Å²) >= 11 is 5.23. The van der Waals surface area contributed by atoms with Crippen LogP contribution in [0.25, 0.3) is 0 Å². The van der Waals surface area contributed by atoms with Crippen LogP contribution in [0.1, 0.15) is 43.0 Å². The highest BCUT2D eigenvalue weighted by atomic mass is 79.9. The van der Waals surface area contributed by atoms with Gasteiger partial charge in [0, 0.05) is 16.9 Å². The van der Waals surface area contributed by atoms with Crippen LogP contribution in [0.2, 0.25) is 0 Å². The molecule has 0 aromatic carbocycles. The lowest BCUT2D eigenvalue weighted by molar-refractivity contribution is 0.769. The van der Waals surface area contributed by atoms with Crippen LogP contribution in [0.3, 0.4) is 0 Å². The van der Waals surface area contributed by atoms with Crippen LogP contribution in [0.4, 0.5) is 5.82 Å². The third-order valence-electron chi connectivity index (χ3n) is 2.88. The SMILES string of the molecule is CCc1ccsc1CNc1cc(Br)nc(C(C)C)n1. The zero-order valence-corrected chi connectivity index (χ0v) is 13.8. The first kappa shape index (κ1) is 14.5. The van der Waals surface area contributed by atoms with Crippen LogP contribution in [0.15, 0.2) is 22.1 Å². The van der Waals surface area contributed by atoms with Crippen molar-refractivity contribution in [3.63, 3.8) is 0 Å². The van der Waals surface area contributed by atoms with Gasteiger partial charge in [-0.3, -0.25) is 0 Å². The smallest absolute Gasteiger partial charge is 0.134 e. The van der Waals surface area contributed by atoms with E-state index in [1.165, 1.54) is 10.4 Å². The molecule has 0 aliphatic heterocycles. The maximum absolute atomic E-state index is 4.54. The molecule has 0 saturated carbocycles. The minimum absolute atomic E-state index is 0.325. The van der Waals surface area contributed by atoms with Gasteiger partial charge in [-0.2, -0.15) is 0 Å². The molecule has 2 heterocycles. The first-order chi connectivity index (χ1) is 9.10. The lowest BCUT2D eigenvalue weighted by Crippen LogP contribution is -2.05. The number of thiophene rings is 1. The molecule has 0 fully saturated rings. The van der Waals surface area contributed by atoms with E-state index < -0.39 is 0 Å². The maximum atomic E-state index is 4.54. The summed E-state index contributed by atoms with van der Waals surface area (Å²) in [4.78, 5) is 10.3. The van der Waals surface area contributed by atoms with Crippen LogP contribution in [-0.4, -0.2) is 9.97 Å². The summed E-state index contributed by atoms with van der Waals surface area (Å²) in [5.74, 6) is 2.06. The van der Waals surface area contributed by atoms with Crippen LogP contribution in [-0.2, 0) is 13.0 Å². The van der Waals surface area contributed by atoms with E-state index in [1.807, 2.05) is 6.07 Å². The van der Waals surface area contributed by atoms with Gasteiger partial charge in [-0.1, -0.05) is 20.8 Å². The van der Waals surface area contributed by atoms with Gasteiger partial charge in [0.1, 0.15) is 16.2 Å². The van der Waals surface area contributed by atoms with Crippen LogP contribution >= 0.6 is 27.3 Å². The second-order valence-electron chi connectivity index (χ2n) is 4.66. The third-order valence-corrected chi connectivity index (χ3v) is 4.25. The first-order valence-corrected chi connectivity index (χ1v) is 8.11. The van der Waals surface area contributed by atoms with E-state index in [-0.39, 0.29) is 0 Å². The first-order valence-electron chi connectivity index (χ1n) is 6.43. The molecule has 0 aliphatic rings. The predicted molar refractivity (Wildman–Crippen MR) is 84.8 cm³/mol. The Balaban J connectivity index is 2.11. The quantitative estimate of drug-likeness (QED) is 0.809. The second kappa shape index (κ2) is 6.48. The summed E-state index contributed by atoms with van der Waals surface area (Å²) in [7, 11) is 0.